The molecule has 3 N–H and O–H groups in total. The Bertz CT molecular complexity index is 358. The minimum atomic E-state index is -1.42. The first-order chi connectivity index (χ1) is 9.84. The number of likely N-dealkylation sites (tertiary alicyclic amines) is 1. The molecule has 122 valence electrons. The van der Waals surface area contributed by atoms with Crippen molar-refractivity contribution in [3.63, 3.8) is 0 Å². The predicted octanol–water partition coefficient (Wildman–Crippen LogP) is 1.82. The molecule has 1 aliphatic rings. The second kappa shape index (κ2) is 8.22. The largest absolute Gasteiger partial charge is 0.481 e. The first-order valence-electron chi connectivity index (χ1n) is 7.81. The molecule has 0 aromatic carbocycles. The van der Waals surface area contributed by atoms with Crippen molar-refractivity contribution in [3.05, 3.63) is 0 Å². The fourth-order valence-corrected chi connectivity index (χ4v) is 2.83. The third kappa shape index (κ3) is 6.80. The van der Waals surface area contributed by atoms with E-state index in [4.69, 9.17) is 5.11 Å². The third-order valence-electron chi connectivity index (χ3n) is 3.98. The summed E-state index contributed by atoms with van der Waals surface area (Å²) in [6.45, 7) is 5.01. The van der Waals surface area contributed by atoms with E-state index in [2.05, 4.69) is 12.2 Å². The molecule has 0 radical (unpaired) electrons. The molecule has 0 saturated carbocycles. The molecular weight excluding hydrogens is 272 g/mol. The Labute approximate surface area is 126 Å². The molecule has 21 heavy (non-hydrogen) atoms. The Morgan fingerprint density at radius 2 is 2.05 bits per heavy atom. The minimum Gasteiger partial charge on any atom is -0.481 e. The van der Waals surface area contributed by atoms with Gasteiger partial charge in [0.1, 0.15) is 0 Å². The van der Waals surface area contributed by atoms with E-state index < -0.39 is 11.6 Å². The Balaban J connectivity index is 2.39. The summed E-state index contributed by atoms with van der Waals surface area (Å²) >= 11 is 0. The van der Waals surface area contributed by atoms with E-state index in [1.54, 1.807) is 4.90 Å². The molecular formula is C15H28N2O4. The fourth-order valence-electron chi connectivity index (χ4n) is 2.83. The number of carboxylic acid groups (broad SMARTS) is 1. The number of carbonyl (C=O) groups excluding carboxylic acids is 1. The zero-order valence-corrected chi connectivity index (χ0v) is 13.1. The number of hydrogen-bond acceptors (Lipinski definition) is 3. The molecule has 1 aliphatic heterocycles. The monoisotopic (exact) mass is 300 g/mol. The smallest absolute Gasteiger partial charge is 0.317 e. The molecule has 1 saturated heterocycles. The SMILES string of the molecule is CCCC1CCCN(C(=O)NCC(C)(O)CC(=O)O)CC1. The summed E-state index contributed by atoms with van der Waals surface area (Å²) in [5, 5.41) is 21.2. The highest BCUT2D eigenvalue weighted by molar-refractivity contribution is 5.74. The van der Waals surface area contributed by atoms with E-state index in [1.807, 2.05) is 0 Å². The van der Waals surface area contributed by atoms with Gasteiger partial charge in [0.25, 0.3) is 0 Å². The van der Waals surface area contributed by atoms with Crippen molar-refractivity contribution < 1.29 is 19.8 Å². The summed E-state index contributed by atoms with van der Waals surface area (Å²) in [7, 11) is 0. The van der Waals surface area contributed by atoms with Crippen molar-refractivity contribution in [1.29, 1.82) is 0 Å². The van der Waals surface area contributed by atoms with E-state index in [9.17, 15) is 14.7 Å². The van der Waals surface area contributed by atoms with Crippen LogP contribution in [0.5, 0.6) is 0 Å². The maximum atomic E-state index is 12.1. The highest BCUT2D eigenvalue weighted by atomic mass is 16.4. The number of aliphatic hydroxyl groups is 1. The zero-order valence-electron chi connectivity index (χ0n) is 13.1. The lowest BCUT2D eigenvalue weighted by Gasteiger charge is -2.25. The lowest BCUT2D eigenvalue weighted by atomic mass is 9.96. The van der Waals surface area contributed by atoms with Crippen LogP contribution in [-0.4, -0.2) is 52.3 Å². The second-order valence-electron chi connectivity index (χ2n) is 6.30. The topological polar surface area (TPSA) is 89.9 Å². The molecule has 0 bridgehead atoms. The van der Waals surface area contributed by atoms with Crippen LogP contribution in [0.3, 0.4) is 0 Å². The maximum absolute atomic E-state index is 12.1. The standard InChI is InChI=1S/C15H28N2O4/c1-3-5-12-6-4-8-17(9-7-12)14(20)16-11-15(2,21)10-13(18)19/h12,21H,3-11H2,1-2H3,(H,16,20)(H,18,19). The maximum Gasteiger partial charge on any atom is 0.317 e. The molecule has 0 spiro atoms. The Morgan fingerprint density at radius 3 is 2.67 bits per heavy atom. The zero-order chi connectivity index (χ0) is 15.9. The normalized spacial score (nSPS) is 22.2. The summed E-state index contributed by atoms with van der Waals surface area (Å²) < 4.78 is 0. The molecule has 2 atom stereocenters. The van der Waals surface area contributed by atoms with Crippen molar-refractivity contribution >= 4 is 12.0 Å². The van der Waals surface area contributed by atoms with Gasteiger partial charge in [-0.15, -0.1) is 0 Å². The first kappa shape index (κ1) is 17.8. The van der Waals surface area contributed by atoms with Crippen molar-refractivity contribution in [2.75, 3.05) is 19.6 Å². The lowest BCUT2D eigenvalue weighted by molar-refractivity contribution is -0.141. The Kier molecular flexibility index (Phi) is 6.95. The first-order valence-corrected chi connectivity index (χ1v) is 7.81. The Hall–Kier alpha value is -1.30. The molecule has 0 aromatic rings. The van der Waals surface area contributed by atoms with Crippen LogP contribution in [0.1, 0.15) is 52.4 Å². The summed E-state index contributed by atoms with van der Waals surface area (Å²) in [5.41, 5.74) is -1.42. The van der Waals surface area contributed by atoms with Crippen molar-refractivity contribution in [1.82, 2.24) is 10.2 Å². The summed E-state index contributed by atoms with van der Waals surface area (Å²) in [5.74, 6) is -0.380. The predicted molar refractivity (Wildman–Crippen MR) is 80.1 cm³/mol. The summed E-state index contributed by atoms with van der Waals surface area (Å²) in [4.78, 5) is 24.5. The van der Waals surface area contributed by atoms with Crippen LogP contribution in [0, 0.1) is 5.92 Å². The number of carbonyl (C=O) groups is 2. The molecule has 0 aromatic heterocycles. The van der Waals surface area contributed by atoms with E-state index in [0.29, 0.717) is 5.92 Å². The lowest BCUT2D eigenvalue weighted by Crippen LogP contribution is -2.47. The number of nitrogens with zero attached hydrogens (tertiary/aromatic N) is 1. The van der Waals surface area contributed by atoms with Gasteiger partial charge in [-0.2, -0.15) is 0 Å². The van der Waals surface area contributed by atoms with E-state index in [-0.39, 0.29) is 19.0 Å². The molecule has 2 unspecified atom stereocenters. The van der Waals surface area contributed by atoms with Gasteiger partial charge in [-0.05, 0) is 32.1 Å². The number of aliphatic carboxylic acids is 1. The van der Waals surface area contributed by atoms with Gasteiger partial charge in [-0.1, -0.05) is 19.8 Å². The molecule has 6 heteroatoms. The van der Waals surface area contributed by atoms with Gasteiger partial charge in [0.2, 0.25) is 0 Å². The van der Waals surface area contributed by atoms with Gasteiger partial charge in [0.05, 0.1) is 12.0 Å². The average Bonchev–Trinajstić information content (AvgIpc) is 2.61. The third-order valence-corrected chi connectivity index (χ3v) is 3.98. The minimum absolute atomic E-state index is 0.0486. The quantitative estimate of drug-likeness (QED) is 0.698. The number of carboxylic acids is 1. The number of rotatable bonds is 6. The van der Waals surface area contributed by atoms with Crippen molar-refractivity contribution in [2.45, 2.75) is 58.0 Å². The summed E-state index contributed by atoms with van der Waals surface area (Å²) in [6.07, 6.45) is 5.19. The van der Waals surface area contributed by atoms with Crippen LogP contribution in [-0.2, 0) is 4.79 Å². The number of amides is 2. The number of urea groups is 1. The molecule has 1 rings (SSSR count). The fraction of sp³-hybridized carbons (Fsp3) is 0.867. The van der Waals surface area contributed by atoms with Gasteiger partial charge >= 0.3 is 12.0 Å². The molecule has 1 heterocycles. The van der Waals surface area contributed by atoms with Crippen molar-refractivity contribution in [2.24, 2.45) is 5.92 Å². The highest BCUT2D eigenvalue weighted by Gasteiger charge is 2.26. The molecule has 2 amide bonds. The van der Waals surface area contributed by atoms with Crippen LogP contribution in [0.2, 0.25) is 0 Å². The Morgan fingerprint density at radius 1 is 1.33 bits per heavy atom. The van der Waals surface area contributed by atoms with Gasteiger partial charge in [0, 0.05) is 19.6 Å². The molecule has 1 fully saturated rings. The second-order valence-corrected chi connectivity index (χ2v) is 6.30. The van der Waals surface area contributed by atoms with Gasteiger partial charge in [-0.25, -0.2) is 4.79 Å². The van der Waals surface area contributed by atoms with Crippen molar-refractivity contribution in [3.8, 4) is 0 Å². The van der Waals surface area contributed by atoms with E-state index >= 15 is 0 Å². The van der Waals surface area contributed by atoms with Crippen LogP contribution in [0.4, 0.5) is 4.79 Å². The van der Waals surface area contributed by atoms with Gasteiger partial charge in [0.15, 0.2) is 0 Å². The van der Waals surface area contributed by atoms with Crippen LogP contribution in [0.15, 0.2) is 0 Å². The van der Waals surface area contributed by atoms with Gasteiger partial charge < -0.3 is 20.4 Å². The molecule has 0 aliphatic carbocycles. The van der Waals surface area contributed by atoms with E-state index in [1.165, 1.54) is 19.8 Å². The van der Waals surface area contributed by atoms with Crippen LogP contribution in [0.25, 0.3) is 0 Å². The average molecular weight is 300 g/mol. The number of nitrogens with one attached hydrogen (secondary N) is 1. The molecule has 6 nitrogen and oxygen atoms in total. The van der Waals surface area contributed by atoms with Crippen LogP contribution >= 0.6 is 0 Å². The highest BCUT2D eigenvalue weighted by Crippen LogP contribution is 2.21. The van der Waals surface area contributed by atoms with Crippen LogP contribution < -0.4 is 5.32 Å². The number of hydrogen-bond donors (Lipinski definition) is 3. The summed E-state index contributed by atoms with van der Waals surface area (Å²) in [6, 6.07) is -0.210. The van der Waals surface area contributed by atoms with Gasteiger partial charge in [-0.3, -0.25) is 4.79 Å². The van der Waals surface area contributed by atoms with E-state index in [0.717, 1.165) is 32.4 Å².